The van der Waals surface area contributed by atoms with E-state index in [4.69, 9.17) is 32.4 Å². The SMILES string of the molecule is CCOCCCNCc1ccc(-c2cc(Cl)cc(Cl)c2)o1.Cl. The van der Waals surface area contributed by atoms with Crippen LogP contribution in [0, 0.1) is 0 Å². The zero-order chi connectivity index (χ0) is 15.1. The van der Waals surface area contributed by atoms with E-state index >= 15 is 0 Å². The Morgan fingerprint density at radius 3 is 2.55 bits per heavy atom. The molecule has 2 aromatic rings. The zero-order valence-corrected chi connectivity index (χ0v) is 14.7. The number of hydrogen-bond acceptors (Lipinski definition) is 3. The van der Waals surface area contributed by atoms with Crippen LogP contribution in [0.3, 0.4) is 0 Å². The molecule has 1 aromatic carbocycles. The molecule has 0 amide bonds. The maximum absolute atomic E-state index is 6.00. The summed E-state index contributed by atoms with van der Waals surface area (Å²) < 4.78 is 11.1. The van der Waals surface area contributed by atoms with Crippen molar-refractivity contribution in [2.45, 2.75) is 19.9 Å². The monoisotopic (exact) mass is 363 g/mol. The van der Waals surface area contributed by atoms with E-state index < -0.39 is 0 Å². The zero-order valence-electron chi connectivity index (χ0n) is 12.4. The van der Waals surface area contributed by atoms with Crippen molar-refractivity contribution in [2.24, 2.45) is 0 Å². The van der Waals surface area contributed by atoms with Crippen LogP contribution in [-0.4, -0.2) is 19.8 Å². The summed E-state index contributed by atoms with van der Waals surface area (Å²) in [6.45, 7) is 5.15. The van der Waals surface area contributed by atoms with Gasteiger partial charge in [-0.2, -0.15) is 0 Å². The van der Waals surface area contributed by atoms with Crippen LogP contribution in [0.15, 0.2) is 34.7 Å². The molecule has 122 valence electrons. The Kier molecular flexibility index (Phi) is 8.91. The number of rotatable bonds is 8. The molecular weight excluding hydrogens is 345 g/mol. The van der Waals surface area contributed by atoms with E-state index in [1.165, 1.54) is 0 Å². The molecule has 1 aromatic heterocycles. The average Bonchev–Trinajstić information content (AvgIpc) is 2.90. The Morgan fingerprint density at radius 2 is 1.86 bits per heavy atom. The van der Waals surface area contributed by atoms with Gasteiger partial charge >= 0.3 is 0 Å². The smallest absolute Gasteiger partial charge is 0.134 e. The van der Waals surface area contributed by atoms with Crippen LogP contribution in [0.5, 0.6) is 0 Å². The summed E-state index contributed by atoms with van der Waals surface area (Å²) in [4.78, 5) is 0. The summed E-state index contributed by atoms with van der Waals surface area (Å²) in [6, 6.07) is 9.27. The van der Waals surface area contributed by atoms with Crippen molar-refractivity contribution >= 4 is 35.6 Å². The van der Waals surface area contributed by atoms with Gasteiger partial charge in [-0.15, -0.1) is 12.4 Å². The van der Waals surface area contributed by atoms with Crippen LogP contribution in [0.1, 0.15) is 19.1 Å². The Bertz CT molecular complexity index is 552. The largest absolute Gasteiger partial charge is 0.460 e. The minimum Gasteiger partial charge on any atom is -0.460 e. The number of furan rings is 1. The number of hydrogen-bond donors (Lipinski definition) is 1. The molecule has 22 heavy (non-hydrogen) atoms. The lowest BCUT2D eigenvalue weighted by Gasteiger charge is -2.03. The summed E-state index contributed by atoms with van der Waals surface area (Å²) >= 11 is 12.0. The fraction of sp³-hybridized carbons (Fsp3) is 0.375. The highest BCUT2D eigenvalue weighted by molar-refractivity contribution is 6.35. The Hall–Kier alpha value is -0.710. The van der Waals surface area contributed by atoms with Crippen molar-refractivity contribution < 1.29 is 9.15 Å². The second kappa shape index (κ2) is 10.1. The Labute approximate surface area is 147 Å². The molecule has 0 aliphatic carbocycles. The summed E-state index contributed by atoms with van der Waals surface area (Å²) in [7, 11) is 0. The molecule has 0 radical (unpaired) electrons. The van der Waals surface area contributed by atoms with Crippen molar-refractivity contribution in [1.29, 1.82) is 0 Å². The van der Waals surface area contributed by atoms with Crippen molar-refractivity contribution in [3.05, 3.63) is 46.1 Å². The summed E-state index contributed by atoms with van der Waals surface area (Å²) in [5.74, 6) is 1.66. The predicted molar refractivity (Wildman–Crippen MR) is 94.2 cm³/mol. The van der Waals surface area contributed by atoms with Crippen molar-refractivity contribution in [1.82, 2.24) is 5.32 Å². The van der Waals surface area contributed by atoms with Gasteiger partial charge in [0.05, 0.1) is 6.54 Å². The van der Waals surface area contributed by atoms with Gasteiger partial charge in [-0.1, -0.05) is 23.2 Å². The Morgan fingerprint density at radius 1 is 1.14 bits per heavy atom. The number of halogens is 3. The third-order valence-electron chi connectivity index (χ3n) is 2.95. The lowest BCUT2D eigenvalue weighted by atomic mass is 10.2. The van der Waals surface area contributed by atoms with Gasteiger partial charge in [-0.05, 0) is 50.2 Å². The molecule has 0 saturated heterocycles. The standard InChI is InChI=1S/C16H19Cl2NO2.ClH/c1-2-20-7-3-6-19-11-15-4-5-16(21-15)12-8-13(17)10-14(18)9-12;/h4-5,8-10,19H,2-3,6-7,11H2,1H3;1H. The first-order valence-corrected chi connectivity index (χ1v) is 7.78. The molecule has 0 saturated carbocycles. The lowest BCUT2D eigenvalue weighted by molar-refractivity contribution is 0.144. The van der Waals surface area contributed by atoms with Crippen LogP contribution in [-0.2, 0) is 11.3 Å². The summed E-state index contributed by atoms with van der Waals surface area (Å²) in [6.07, 6.45) is 0.991. The van der Waals surface area contributed by atoms with Gasteiger partial charge in [0.15, 0.2) is 0 Å². The highest BCUT2D eigenvalue weighted by Gasteiger charge is 2.06. The average molecular weight is 365 g/mol. The van der Waals surface area contributed by atoms with E-state index in [9.17, 15) is 0 Å². The van der Waals surface area contributed by atoms with Crippen molar-refractivity contribution in [3.63, 3.8) is 0 Å². The number of nitrogens with one attached hydrogen (secondary N) is 1. The molecule has 0 aliphatic heterocycles. The predicted octanol–water partition coefficient (Wildman–Crippen LogP) is 5.19. The van der Waals surface area contributed by atoms with Gasteiger partial charge in [-0.25, -0.2) is 0 Å². The third-order valence-corrected chi connectivity index (χ3v) is 3.39. The van der Waals surface area contributed by atoms with Crippen LogP contribution >= 0.6 is 35.6 Å². The lowest BCUT2D eigenvalue weighted by Crippen LogP contribution is -2.15. The van der Waals surface area contributed by atoms with E-state index in [0.29, 0.717) is 16.6 Å². The molecule has 0 bridgehead atoms. The highest BCUT2D eigenvalue weighted by atomic mass is 35.5. The molecule has 0 unspecified atom stereocenters. The third kappa shape index (κ3) is 6.19. The van der Waals surface area contributed by atoms with Gasteiger partial charge in [0.2, 0.25) is 0 Å². The minimum absolute atomic E-state index is 0. The molecule has 1 N–H and O–H groups in total. The first-order chi connectivity index (χ1) is 10.2. The molecule has 0 aliphatic rings. The second-order valence-electron chi connectivity index (χ2n) is 4.65. The van der Waals surface area contributed by atoms with E-state index in [2.05, 4.69) is 5.32 Å². The highest BCUT2D eigenvalue weighted by Crippen LogP contribution is 2.28. The summed E-state index contributed by atoms with van der Waals surface area (Å²) in [5, 5.41) is 4.53. The van der Waals surface area contributed by atoms with E-state index in [1.807, 2.05) is 31.2 Å². The molecule has 0 atom stereocenters. The van der Waals surface area contributed by atoms with Crippen LogP contribution < -0.4 is 5.32 Å². The van der Waals surface area contributed by atoms with E-state index in [-0.39, 0.29) is 12.4 Å². The maximum atomic E-state index is 6.00. The normalized spacial score (nSPS) is 10.5. The minimum atomic E-state index is 0. The summed E-state index contributed by atoms with van der Waals surface area (Å²) in [5.41, 5.74) is 0.884. The van der Waals surface area contributed by atoms with Crippen LogP contribution in [0.2, 0.25) is 10.0 Å². The van der Waals surface area contributed by atoms with Gasteiger partial charge in [0.25, 0.3) is 0 Å². The Balaban J connectivity index is 0.00000242. The van der Waals surface area contributed by atoms with Crippen LogP contribution in [0.4, 0.5) is 0 Å². The van der Waals surface area contributed by atoms with Gasteiger partial charge in [0, 0.05) is 28.8 Å². The van der Waals surface area contributed by atoms with Gasteiger partial charge < -0.3 is 14.5 Å². The van der Waals surface area contributed by atoms with Gasteiger partial charge in [-0.3, -0.25) is 0 Å². The number of benzene rings is 1. The maximum Gasteiger partial charge on any atom is 0.134 e. The van der Waals surface area contributed by atoms with E-state index in [0.717, 1.165) is 43.3 Å². The van der Waals surface area contributed by atoms with Crippen molar-refractivity contribution in [3.8, 4) is 11.3 Å². The fourth-order valence-corrected chi connectivity index (χ4v) is 2.51. The second-order valence-corrected chi connectivity index (χ2v) is 5.52. The quantitative estimate of drug-likeness (QED) is 0.654. The van der Waals surface area contributed by atoms with Crippen LogP contribution in [0.25, 0.3) is 11.3 Å². The topological polar surface area (TPSA) is 34.4 Å². The molecule has 2 rings (SSSR count). The first kappa shape index (κ1) is 19.3. The molecule has 0 spiro atoms. The molecule has 3 nitrogen and oxygen atoms in total. The fourth-order valence-electron chi connectivity index (χ4n) is 1.98. The number of ether oxygens (including phenoxy) is 1. The molecule has 6 heteroatoms. The van der Waals surface area contributed by atoms with Crippen molar-refractivity contribution in [2.75, 3.05) is 19.8 Å². The molecular formula is C16H20Cl3NO2. The molecule has 0 fully saturated rings. The van der Waals surface area contributed by atoms with Gasteiger partial charge in [0.1, 0.15) is 11.5 Å². The molecule has 1 heterocycles. The first-order valence-electron chi connectivity index (χ1n) is 7.02. The van der Waals surface area contributed by atoms with E-state index in [1.54, 1.807) is 6.07 Å².